The minimum Gasteiger partial charge on any atom is -0.469 e. The van der Waals surface area contributed by atoms with Gasteiger partial charge in [0, 0.05) is 17.8 Å². The number of thiophene rings is 1. The number of nitrogens with one attached hydrogen (secondary N) is 1. The summed E-state index contributed by atoms with van der Waals surface area (Å²) in [6.07, 6.45) is 3.48. The summed E-state index contributed by atoms with van der Waals surface area (Å²) in [5.41, 5.74) is 0. The van der Waals surface area contributed by atoms with Gasteiger partial charge in [0.2, 0.25) is 5.28 Å². The molecule has 0 aromatic carbocycles. The van der Waals surface area contributed by atoms with E-state index in [0.29, 0.717) is 0 Å². The van der Waals surface area contributed by atoms with E-state index in [2.05, 4.69) is 28.3 Å². The molecule has 6 heteroatoms. The standard InChI is InChI=1S/C14H14ClN3OS/c1-2-10-8-11-12(17-14(15)18-13(11)20-10)16-6-5-9-4-3-7-19-9/h3-4,7-8H,2,5-6H2,1H3,(H,16,17,18). The third-order valence-electron chi connectivity index (χ3n) is 3.01. The first kappa shape index (κ1) is 13.4. The second-order valence-corrected chi connectivity index (χ2v) is 5.84. The highest BCUT2D eigenvalue weighted by atomic mass is 35.5. The molecule has 0 amide bonds. The fourth-order valence-corrected chi connectivity index (χ4v) is 3.20. The van der Waals surface area contributed by atoms with Crippen molar-refractivity contribution in [2.45, 2.75) is 19.8 Å². The molecule has 20 heavy (non-hydrogen) atoms. The lowest BCUT2D eigenvalue weighted by Crippen LogP contribution is -2.06. The molecular weight excluding hydrogens is 294 g/mol. The normalized spacial score (nSPS) is 11.1. The second kappa shape index (κ2) is 5.81. The van der Waals surface area contributed by atoms with Crippen LogP contribution in [0.2, 0.25) is 5.28 Å². The third-order valence-corrected chi connectivity index (χ3v) is 4.35. The van der Waals surface area contributed by atoms with Crippen LogP contribution in [0.5, 0.6) is 0 Å². The smallest absolute Gasteiger partial charge is 0.225 e. The van der Waals surface area contributed by atoms with Gasteiger partial charge < -0.3 is 9.73 Å². The van der Waals surface area contributed by atoms with Crippen molar-refractivity contribution in [2.75, 3.05) is 11.9 Å². The van der Waals surface area contributed by atoms with Crippen LogP contribution in [0.25, 0.3) is 10.2 Å². The molecule has 1 N–H and O–H groups in total. The number of rotatable bonds is 5. The molecule has 0 aliphatic heterocycles. The molecule has 0 radical (unpaired) electrons. The van der Waals surface area contributed by atoms with E-state index in [1.54, 1.807) is 17.6 Å². The van der Waals surface area contributed by atoms with Crippen LogP contribution >= 0.6 is 22.9 Å². The largest absolute Gasteiger partial charge is 0.469 e. The number of furan rings is 1. The fourth-order valence-electron chi connectivity index (χ4n) is 2.01. The van der Waals surface area contributed by atoms with Crippen molar-refractivity contribution in [3.05, 3.63) is 40.4 Å². The zero-order valence-electron chi connectivity index (χ0n) is 11.0. The van der Waals surface area contributed by atoms with Gasteiger partial charge in [-0.3, -0.25) is 0 Å². The van der Waals surface area contributed by atoms with E-state index in [4.69, 9.17) is 16.0 Å². The molecule has 0 aliphatic carbocycles. The van der Waals surface area contributed by atoms with Gasteiger partial charge in [-0.15, -0.1) is 11.3 Å². The Bertz CT molecular complexity index is 709. The first-order valence-electron chi connectivity index (χ1n) is 6.48. The van der Waals surface area contributed by atoms with Gasteiger partial charge in [-0.05, 0) is 36.2 Å². The maximum absolute atomic E-state index is 5.98. The molecular formula is C14H14ClN3OS. The molecule has 0 saturated carbocycles. The average Bonchev–Trinajstić information content (AvgIpc) is 3.06. The summed E-state index contributed by atoms with van der Waals surface area (Å²) in [6.45, 7) is 2.87. The zero-order valence-corrected chi connectivity index (χ0v) is 12.6. The molecule has 0 atom stereocenters. The Morgan fingerprint density at radius 3 is 3.05 bits per heavy atom. The molecule has 0 saturated heterocycles. The van der Waals surface area contributed by atoms with Gasteiger partial charge in [0.05, 0.1) is 11.6 Å². The fraction of sp³-hybridized carbons (Fsp3) is 0.286. The van der Waals surface area contributed by atoms with Gasteiger partial charge in [-0.25, -0.2) is 9.97 Å². The van der Waals surface area contributed by atoms with E-state index in [9.17, 15) is 0 Å². The number of aryl methyl sites for hydroxylation is 1. The molecule has 0 aliphatic rings. The van der Waals surface area contributed by atoms with Crippen molar-refractivity contribution in [2.24, 2.45) is 0 Å². The topological polar surface area (TPSA) is 51.0 Å². The SMILES string of the molecule is CCc1cc2c(NCCc3ccco3)nc(Cl)nc2s1. The summed E-state index contributed by atoms with van der Waals surface area (Å²) >= 11 is 7.64. The van der Waals surface area contributed by atoms with Crippen molar-refractivity contribution in [3.63, 3.8) is 0 Å². The number of hydrogen-bond donors (Lipinski definition) is 1. The Balaban J connectivity index is 1.80. The van der Waals surface area contributed by atoms with Crippen LogP contribution in [0.4, 0.5) is 5.82 Å². The number of hydrogen-bond acceptors (Lipinski definition) is 5. The Labute approximate surface area is 125 Å². The van der Waals surface area contributed by atoms with Gasteiger partial charge in [0.25, 0.3) is 0 Å². The molecule has 0 fully saturated rings. The predicted molar refractivity (Wildman–Crippen MR) is 82.7 cm³/mol. The number of halogens is 1. The zero-order chi connectivity index (χ0) is 13.9. The molecule has 3 heterocycles. The molecule has 3 rings (SSSR count). The number of aromatic nitrogens is 2. The van der Waals surface area contributed by atoms with Gasteiger partial charge in [0.15, 0.2) is 0 Å². The molecule has 104 valence electrons. The van der Waals surface area contributed by atoms with E-state index in [0.717, 1.165) is 41.2 Å². The van der Waals surface area contributed by atoms with Gasteiger partial charge in [0.1, 0.15) is 16.4 Å². The second-order valence-electron chi connectivity index (χ2n) is 4.38. The minimum absolute atomic E-state index is 0.280. The Kier molecular flexibility index (Phi) is 3.89. The minimum atomic E-state index is 0.280. The van der Waals surface area contributed by atoms with Crippen molar-refractivity contribution < 1.29 is 4.42 Å². The Morgan fingerprint density at radius 2 is 2.30 bits per heavy atom. The summed E-state index contributed by atoms with van der Waals surface area (Å²) in [5, 5.41) is 4.63. The highest BCUT2D eigenvalue weighted by Gasteiger charge is 2.10. The average molecular weight is 308 g/mol. The van der Waals surface area contributed by atoms with E-state index in [1.165, 1.54) is 4.88 Å². The van der Waals surface area contributed by atoms with Crippen LogP contribution in [0.1, 0.15) is 17.6 Å². The van der Waals surface area contributed by atoms with Crippen LogP contribution in [0, 0.1) is 0 Å². The summed E-state index contributed by atoms with van der Waals surface area (Å²) in [7, 11) is 0. The van der Waals surface area contributed by atoms with Crippen molar-refractivity contribution in [3.8, 4) is 0 Å². The maximum Gasteiger partial charge on any atom is 0.225 e. The van der Waals surface area contributed by atoms with E-state index in [1.807, 2.05) is 12.1 Å². The summed E-state index contributed by atoms with van der Waals surface area (Å²) in [6, 6.07) is 5.98. The summed E-state index contributed by atoms with van der Waals surface area (Å²) in [4.78, 5) is 10.8. The number of fused-ring (bicyclic) bond motifs is 1. The Hall–Kier alpha value is -1.59. The quantitative estimate of drug-likeness (QED) is 0.719. The van der Waals surface area contributed by atoms with Gasteiger partial charge in [-0.1, -0.05) is 6.92 Å². The van der Waals surface area contributed by atoms with Crippen LogP contribution in [0.15, 0.2) is 28.9 Å². The summed E-state index contributed by atoms with van der Waals surface area (Å²) < 4.78 is 5.31. The monoisotopic (exact) mass is 307 g/mol. The molecule has 0 spiro atoms. The lowest BCUT2D eigenvalue weighted by molar-refractivity contribution is 0.513. The number of nitrogens with zero attached hydrogens (tertiary/aromatic N) is 2. The lowest BCUT2D eigenvalue weighted by atomic mass is 10.3. The van der Waals surface area contributed by atoms with Gasteiger partial charge >= 0.3 is 0 Å². The lowest BCUT2D eigenvalue weighted by Gasteiger charge is -2.05. The summed E-state index contributed by atoms with van der Waals surface area (Å²) in [5.74, 6) is 1.75. The first-order chi connectivity index (χ1) is 9.76. The van der Waals surface area contributed by atoms with Gasteiger partial charge in [-0.2, -0.15) is 0 Å². The highest BCUT2D eigenvalue weighted by molar-refractivity contribution is 7.18. The van der Waals surface area contributed by atoms with Crippen molar-refractivity contribution in [1.82, 2.24) is 9.97 Å². The molecule has 4 nitrogen and oxygen atoms in total. The van der Waals surface area contributed by atoms with E-state index < -0.39 is 0 Å². The first-order valence-corrected chi connectivity index (χ1v) is 7.68. The Morgan fingerprint density at radius 1 is 1.40 bits per heavy atom. The molecule has 0 bridgehead atoms. The van der Waals surface area contributed by atoms with Crippen molar-refractivity contribution >= 4 is 39.0 Å². The van der Waals surface area contributed by atoms with Crippen LogP contribution in [0.3, 0.4) is 0 Å². The highest BCUT2D eigenvalue weighted by Crippen LogP contribution is 2.30. The number of anilines is 1. The van der Waals surface area contributed by atoms with E-state index in [-0.39, 0.29) is 5.28 Å². The predicted octanol–water partition coefficient (Wildman–Crippen LogP) is 4.15. The van der Waals surface area contributed by atoms with Crippen LogP contribution in [-0.2, 0) is 12.8 Å². The third kappa shape index (κ3) is 2.78. The molecule has 3 aromatic rings. The molecule has 3 aromatic heterocycles. The molecule has 0 unspecified atom stereocenters. The van der Waals surface area contributed by atoms with E-state index >= 15 is 0 Å². The maximum atomic E-state index is 5.98. The van der Waals surface area contributed by atoms with Crippen LogP contribution in [-0.4, -0.2) is 16.5 Å². The van der Waals surface area contributed by atoms with Crippen LogP contribution < -0.4 is 5.32 Å². The van der Waals surface area contributed by atoms with Crippen molar-refractivity contribution in [1.29, 1.82) is 0 Å².